The second-order valence-corrected chi connectivity index (χ2v) is 7.71. The molecule has 4 rings (SSSR count). The lowest BCUT2D eigenvalue weighted by molar-refractivity contribution is -0.428. The number of methoxy groups -OCH3 is 1. The molecule has 1 N–H and O–H groups in total. The second-order valence-electron chi connectivity index (χ2n) is 7.71. The minimum Gasteiger partial charge on any atom is -0.497 e. The summed E-state index contributed by atoms with van der Waals surface area (Å²) >= 11 is 0. The molecule has 4 amide bonds. The van der Waals surface area contributed by atoms with Gasteiger partial charge < -0.3 is 10.1 Å². The fourth-order valence-corrected chi connectivity index (χ4v) is 3.78. The normalized spacial score (nSPS) is 17.2. The van der Waals surface area contributed by atoms with Crippen LogP contribution in [-0.2, 0) is 22.6 Å². The van der Waals surface area contributed by atoms with E-state index in [2.05, 4.69) is 10.3 Å². The summed E-state index contributed by atoms with van der Waals surface area (Å²) in [7, 11) is 1.57. The Hall–Kier alpha value is -4.07. The molecule has 2 heterocycles. The van der Waals surface area contributed by atoms with Crippen LogP contribution >= 0.6 is 0 Å². The fraction of sp³-hybridized carbons (Fsp3) is 0.240. The van der Waals surface area contributed by atoms with Crippen LogP contribution in [0.15, 0.2) is 71.7 Å². The van der Waals surface area contributed by atoms with E-state index >= 15 is 0 Å². The van der Waals surface area contributed by atoms with E-state index < -0.39 is 18.0 Å². The number of amides is 4. The zero-order valence-electron chi connectivity index (χ0n) is 18.3. The van der Waals surface area contributed by atoms with Crippen LogP contribution in [0.3, 0.4) is 0 Å². The molecule has 0 saturated carbocycles. The molecule has 0 spiro atoms. The molecule has 1 unspecified atom stereocenters. The molecule has 8 heteroatoms. The number of nitrogens with one attached hydrogen (secondary N) is 1. The van der Waals surface area contributed by atoms with E-state index in [9.17, 15) is 14.4 Å². The number of dihydropyridines is 1. The first-order chi connectivity index (χ1) is 16.1. The molecule has 8 nitrogen and oxygen atoms in total. The second kappa shape index (κ2) is 10.0. The van der Waals surface area contributed by atoms with Gasteiger partial charge in [0, 0.05) is 12.8 Å². The zero-order chi connectivity index (χ0) is 23.2. The van der Waals surface area contributed by atoms with E-state index in [-0.39, 0.29) is 19.0 Å². The summed E-state index contributed by atoms with van der Waals surface area (Å²) in [4.78, 5) is 44.4. The van der Waals surface area contributed by atoms with Crippen molar-refractivity contribution in [2.75, 3.05) is 20.2 Å². The van der Waals surface area contributed by atoms with E-state index in [4.69, 9.17) is 4.74 Å². The van der Waals surface area contributed by atoms with Gasteiger partial charge in [0.15, 0.2) is 6.54 Å². The molecule has 0 aromatic heterocycles. The highest BCUT2D eigenvalue weighted by atomic mass is 16.5. The molecule has 2 aliphatic rings. The van der Waals surface area contributed by atoms with E-state index in [1.54, 1.807) is 43.5 Å². The molecule has 33 heavy (non-hydrogen) atoms. The van der Waals surface area contributed by atoms with Crippen LogP contribution in [-0.4, -0.2) is 65.5 Å². The predicted molar refractivity (Wildman–Crippen MR) is 124 cm³/mol. The maximum atomic E-state index is 13.3. The topological polar surface area (TPSA) is 91.1 Å². The number of imide groups is 1. The van der Waals surface area contributed by atoms with Crippen LogP contribution in [0, 0.1) is 0 Å². The highest BCUT2D eigenvalue weighted by molar-refractivity contribution is 6.20. The van der Waals surface area contributed by atoms with E-state index in [1.807, 2.05) is 30.3 Å². The molecule has 2 aromatic carbocycles. The highest BCUT2D eigenvalue weighted by Gasteiger charge is 2.48. The quantitative estimate of drug-likeness (QED) is 0.629. The zero-order valence-corrected chi connectivity index (χ0v) is 18.3. The SMILES string of the molecule is COc1ccc(CN2C(=O)C3N=CC=CC3=[N+](CC(=O)NCCc3ccccc3)C2=O)cc1. The van der Waals surface area contributed by atoms with Crippen molar-refractivity contribution in [3.8, 4) is 5.75 Å². The molecule has 168 valence electrons. The smallest absolute Gasteiger partial charge is 0.497 e. The minimum absolute atomic E-state index is 0.0802. The van der Waals surface area contributed by atoms with Gasteiger partial charge in [-0.15, -0.1) is 0 Å². The molecule has 0 radical (unpaired) electrons. The average Bonchev–Trinajstić information content (AvgIpc) is 2.85. The minimum atomic E-state index is -0.844. The molecular formula is C25H25N4O4+. The lowest BCUT2D eigenvalue weighted by atomic mass is 10.0. The third-order valence-corrected chi connectivity index (χ3v) is 5.52. The summed E-state index contributed by atoms with van der Waals surface area (Å²) in [6.07, 6.45) is 5.54. The van der Waals surface area contributed by atoms with Crippen molar-refractivity contribution in [2.45, 2.75) is 19.0 Å². The standard InChI is InChI=1S/C25H24N4O4/c1-33-20-11-9-19(10-12-20)16-29-24(31)23-21(8-5-14-27-23)28(25(29)32)17-22(30)26-15-13-18-6-3-2-4-7-18/h2-12,14,23H,13,15-17H2,1H3/p+1. The Morgan fingerprint density at radius 2 is 1.85 bits per heavy atom. The van der Waals surface area contributed by atoms with Crippen molar-refractivity contribution in [2.24, 2.45) is 4.99 Å². The molecule has 0 saturated heterocycles. The molecule has 0 aliphatic carbocycles. The van der Waals surface area contributed by atoms with E-state index in [0.717, 1.165) is 16.0 Å². The van der Waals surface area contributed by atoms with Crippen molar-refractivity contribution in [1.29, 1.82) is 0 Å². The van der Waals surface area contributed by atoms with Gasteiger partial charge in [0.25, 0.3) is 5.91 Å². The number of hydrogen-bond acceptors (Lipinski definition) is 5. The molecule has 2 aliphatic heterocycles. The van der Waals surface area contributed by atoms with E-state index in [0.29, 0.717) is 24.4 Å². The number of nitrogens with zero attached hydrogens (tertiary/aromatic N) is 3. The van der Waals surface area contributed by atoms with Crippen LogP contribution in [0.1, 0.15) is 11.1 Å². The first-order valence-electron chi connectivity index (χ1n) is 10.7. The predicted octanol–water partition coefficient (Wildman–Crippen LogP) is 1.98. The largest absolute Gasteiger partial charge is 0.501 e. The molecule has 0 fully saturated rings. The Kier molecular flexibility index (Phi) is 6.73. The van der Waals surface area contributed by atoms with Crippen LogP contribution in [0.25, 0.3) is 0 Å². The number of urea groups is 1. The fourth-order valence-electron chi connectivity index (χ4n) is 3.78. The summed E-state index contributed by atoms with van der Waals surface area (Å²) in [5, 5.41) is 2.86. The Morgan fingerprint density at radius 3 is 2.58 bits per heavy atom. The first kappa shape index (κ1) is 22.1. The van der Waals surface area contributed by atoms with Gasteiger partial charge in [0.1, 0.15) is 18.0 Å². The Bertz CT molecular complexity index is 1140. The summed E-state index contributed by atoms with van der Waals surface area (Å²) in [6, 6.07) is 15.6. The number of hydrogen-bond donors (Lipinski definition) is 1. The van der Waals surface area contributed by atoms with Crippen LogP contribution in [0.4, 0.5) is 4.79 Å². The monoisotopic (exact) mass is 445 g/mol. The highest BCUT2D eigenvalue weighted by Crippen LogP contribution is 2.19. The van der Waals surface area contributed by atoms with Gasteiger partial charge in [-0.05, 0) is 41.8 Å². The van der Waals surface area contributed by atoms with Gasteiger partial charge in [-0.25, -0.2) is 4.79 Å². The van der Waals surface area contributed by atoms with E-state index in [1.165, 1.54) is 10.8 Å². The molecule has 1 atom stereocenters. The maximum Gasteiger partial charge on any atom is 0.501 e. The number of allylic oxidation sites excluding steroid dienone is 1. The summed E-state index contributed by atoms with van der Waals surface area (Å²) in [6.45, 7) is 0.342. The maximum absolute atomic E-state index is 13.3. The van der Waals surface area contributed by atoms with Crippen LogP contribution in [0.5, 0.6) is 5.75 Å². The lowest BCUT2D eigenvalue weighted by Gasteiger charge is -2.26. The first-order valence-corrected chi connectivity index (χ1v) is 10.7. The van der Waals surface area contributed by atoms with Crippen molar-refractivity contribution in [1.82, 2.24) is 10.2 Å². The molecule has 2 aromatic rings. The molecule has 0 bridgehead atoms. The third kappa shape index (κ3) is 5.06. The summed E-state index contributed by atoms with van der Waals surface area (Å²) in [5.74, 6) is -0.0270. The summed E-state index contributed by atoms with van der Waals surface area (Å²) < 4.78 is 6.50. The average molecular weight is 445 g/mol. The van der Waals surface area contributed by atoms with Gasteiger partial charge in [-0.2, -0.15) is 14.3 Å². The van der Waals surface area contributed by atoms with Gasteiger partial charge in [0.2, 0.25) is 6.04 Å². The molecular weight excluding hydrogens is 420 g/mol. The summed E-state index contributed by atoms with van der Waals surface area (Å²) in [5.41, 5.74) is 2.29. The van der Waals surface area contributed by atoms with Crippen LogP contribution in [0.2, 0.25) is 0 Å². The number of rotatable bonds is 8. The van der Waals surface area contributed by atoms with Gasteiger partial charge >= 0.3 is 11.9 Å². The van der Waals surface area contributed by atoms with Crippen molar-refractivity contribution in [3.63, 3.8) is 0 Å². The van der Waals surface area contributed by atoms with Gasteiger partial charge in [-0.1, -0.05) is 42.5 Å². The number of ether oxygens (including phenoxy) is 1. The number of benzene rings is 2. The Morgan fingerprint density at radius 1 is 1.09 bits per heavy atom. The Balaban J connectivity index is 1.49. The van der Waals surface area contributed by atoms with Gasteiger partial charge in [0.05, 0.1) is 7.11 Å². The third-order valence-electron chi connectivity index (χ3n) is 5.52. The van der Waals surface area contributed by atoms with Crippen LogP contribution < -0.4 is 10.1 Å². The number of carbonyl (C=O) groups is 3. The number of aliphatic imine (C=N–C) groups is 1. The number of fused-ring (bicyclic) bond motifs is 1. The van der Waals surface area contributed by atoms with Crippen molar-refractivity contribution < 1.29 is 23.7 Å². The van der Waals surface area contributed by atoms with Crippen molar-refractivity contribution in [3.05, 3.63) is 77.9 Å². The Labute approximate surface area is 191 Å². The lowest BCUT2D eigenvalue weighted by Crippen LogP contribution is -2.57. The number of carbonyl (C=O) groups excluding carboxylic acids is 3. The van der Waals surface area contributed by atoms with Gasteiger partial charge in [-0.3, -0.25) is 9.79 Å². The van der Waals surface area contributed by atoms with Crippen molar-refractivity contribution >= 4 is 29.8 Å².